The third-order valence-electron chi connectivity index (χ3n) is 4.99. The first-order chi connectivity index (χ1) is 14.1. The summed E-state index contributed by atoms with van der Waals surface area (Å²) >= 11 is 0. The topological polar surface area (TPSA) is 40.2 Å². The predicted octanol–water partition coefficient (Wildman–Crippen LogP) is 6.31. The van der Waals surface area contributed by atoms with Crippen LogP contribution in [0.5, 0.6) is 5.75 Å². The van der Waals surface area contributed by atoms with E-state index in [4.69, 9.17) is 14.1 Å². The minimum absolute atomic E-state index is 0.423. The first-order valence-electron chi connectivity index (χ1n) is 10.0. The van der Waals surface area contributed by atoms with Crippen LogP contribution < -0.4 is 4.74 Å². The van der Waals surface area contributed by atoms with Crippen LogP contribution in [0.2, 0.25) is 0 Å². The maximum absolute atomic E-state index is 6.22. The van der Waals surface area contributed by atoms with Crippen molar-refractivity contribution >= 4 is 23.2 Å². The van der Waals surface area contributed by atoms with E-state index in [-0.39, 0.29) is 0 Å². The van der Waals surface area contributed by atoms with E-state index < -0.39 is 0 Å². The summed E-state index contributed by atoms with van der Waals surface area (Å²) in [6, 6.07) is 18.4. The average Bonchev–Trinajstić information content (AvgIpc) is 3.34. The van der Waals surface area contributed by atoms with Crippen LogP contribution in [-0.2, 0) is 6.54 Å². The van der Waals surface area contributed by atoms with E-state index >= 15 is 0 Å². The standard InChI is InChI=1S/C25H26N2O2/c1-18(2)21-12-10-19(3)17-24(21)29-16-14-27-23-9-5-4-8-22(23)26-25(27)13-11-20-7-6-15-28-20/h4-13,15,17-18H,14,16H2,1-3H3/b13-11+. The average molecular weight is 386 g/mol. The maximum atomic E-state index is 6.22. The molecular weight excluding hydrogens is 360 g/mol. The van der Waals surface area contributed by atoms with Crippen molar-refractivity contribution in [1.29, 1.82) is 0 Å². The van der Waals surface area contributed by atoms with Gasteiger partial charge in [0.2, 0.25) is 0 Å². The van der Waals surface area contributed by atoms with Gasteiger partial charge in [0.15, 0.2) is 0 Å². The molecule has 0 aliphatic rings. The van der Waals surface area contributed by atoms with Gasteiger partial charge in [-0.3, -0.25) is 0 Å². The molecule has 0 aliphatic carbocycles. The summed E-state index contributed by atoms with van der Waals surface area (Å²) in [6.45, 7) is 7.77. The highest BCUT2D eigenvalue weighted by atomic mass is 16.5. The Labute approximate surface area is 171 Å². The lowest BCUT2D eigenvalue weighted by molar-refractivity contribution is 0.295. The SMILES string of the molecule is Cc1ccc(C(C)C)c(OCCn2c(/C=C/c3ccco3)nc3ccccc32)c1. The smallest absolute Gasteiger partial charge is 0.134 e. The molecule has 4 rings (SSSR count). The summed E-state index contributed by atoms with van der Waals surface area (Å²) in [7, 11) is 0. The summed E-state index contributed by atoms with van der Waals surface area (Å²) in [6.07, 6.45) is 5.60. The Morgan fingerprint density at radius 2 is 1.93 bits per heavy atom. The minimum Gasteiger partial charge on any atom is -0.491 e. The van der Waals surface area contributed by atoms with Crippen LogP contribution in [0.1, 0.15) is 42.5 Å². The van der Waals surface area contributed by atoms with Gasteiger partial charge in [-0.2, -0.15) is 0 Å². The number of furan rings is 1. The molecule has 2 heterocycles. The molecule has 0 N–H and O–H groups in total. The Kier molecular flexibility index (Phi) is 5.52. The minimum atomic E-state index is 0.423. The van der Waals surface area contributed by atoms with Crippen LogP contribution in [0.4, 0.5) is 0 Å². The number of para-hydroxylation sites is 2. The summed E-state index contributed by atoms with van der Waals surface area (Å²) < 4.78 is 13.8. The molecule has 0 fully saturated rings. The monoisotopic (exact) mass is 386 g/mol. The third-order valence-corrected chi connectivity index (χ3v) is 4.99. The van der Waals surface area contributed by atoms with Gasteiger partial charge in [0, 0.05) is 0 Å². The van der Waals surface area contributed by atoms with Crippen molar-refractivity contribution in [2.24, 2.45) is 0 Å². The van der Waals surface area contributed by atoms with Crippen LogP contribution in [0, 0.1) is 6.92 Å². The molecule has 0 atom stereocenters. The second kappa shape index (κ2) is 8.39. The van der Waals surface area contributed by atoms with Gasteiger partial charge in [0.25, 0.3) is 0 Å². The van der Waals surface area contributed by atoms with E-state index in [2.05, 4.69) is 49.6 Å². The number of fused-ring (bicyclic) bond motifs is 1. The third kappa shape index (κ3) is 4.27. The molecule has 0 spiro atoms. The second-order valence-corrected chi connectivity index (χ2v) is 7.50. The molecule has 0 bridgehead atoms. The quantitative estimate of drug-likeness (QED) is 0.374. The molecule has 0 unspecified atom stereocenters. The van der Waals surface area contributed by atoms with Gasteiger partial charge in [-0.1, -0.05) is 38.1 Å². The first-order valence-corrected chi connectivity index (χ1v) is 10.0. The van der Waals surface area contributed by atoms with Crippen molar-refractivity contribution in [3.63, 3.8) is 0 Å². The van der Waals surface area contributed by atoms with Gasteiger partial charge in [0.1, 0.15) is 23.9 Å². The Bertz CT molecular complexity index is 1120. The molecule has 4 aromatic rings. The van der Waals surface area contributed by atoms with Crippen LogP contribution in [0.3, 0.4) is 0 Å². The van der Waals surface area contributed by atoms with Gasteiger partial charge in [-0.25, -0.2) is 4.98 Å². The van der Waals surface area contributed by atoms with Crippen molar-refractivity contribution in [3.05, 3.63) is 83.6 Å². The molecule has 0 amide bonds. The van der Waals surface area contributed by atoms with Gasteiger partial charge < -0.3 is 13.7 Å². The Morgan fingerprint density at radius 3 is 2.72 bits per heavy atom. The fraction of sp³-hybridized carbons (Fsp3) is 0.240. The zero-order valence-corrected chi connectivity index (χ0v) is 17.1. The number of aryl methyl sites for hydroxylation is 1. The molecule has 4 nitrogen and oxygen atoms in total. The van der Waals surface area contributed by atoms with Gasteiger partial charge in [0.05, 0.1) is 23.8 Å². The van der Waals surface area contributed by atoms with Gasteiger partial charge in [-0.05, 0) is 66.5 Å². The highest BCUT2D eigenvalue weighted by Gasteiger charge is 2.11. The Morgan fingerprint density at radius 1 is 1.07 bits per heavy atom. The molecule has 0 radical (unpaired) electrons. The molecule has 0 saturated heterocycles. The van der Waals surface area contributed by atoms with Crippen molar-refractivity contribution in [1.82, 2.24) is 9.55 Å². The zero-order valence-electron chi connectivity index (χ0n) is 17.1. The molecule has 2 aromatic carbocycles. The predicted molar refractivity (Wildman–Crippen MR) is 118 cm³/mol. The van der Waals surface area contributed by atoms with Crippen molar-refractivity contribution in [3.8, 4) is 5.75 Å². The fourth-order valence-electron chi connectivity index (χ4n) is 3.49. The lowest BCUT2D eigenvalue weighted by atomic mass is 10.0. The van der Waals surface area contributed by atoms with Crippen molar-refractivity contribution in [2.75, 3.05) is 6.61 Å². The molecule has 2 aromatic heterocycles. The molecule has 4 heteroatoms. The number of aromatic nitrogens is 2. The van der Waals surface area contributed by atoms with Gasteiger partial charge in [-0.15, -0.1) is 0 Å². The van der Waals surface area contributed by atoms with E-state index in [9.17, 15) is 0 Å². The summed E-state index contributed by atoms with van der Waals surface area (Å²) in [5, 5.41) is 0. The maximum Gasteiger partial charge on any atom is 0.134 e. The molecule has 148 valence electrons. The number of rotatable bonds is 7. The van der Waals surface area contributed by atoms with Gasteiger partial charge >= 0.3 is 0 Å². The van der Waals surface area contributed by atoms with Crippen molar-refractivity contribution in [2.45, 2.75) is 33.2 Å². The number of benzene rings is 2. The van der Waals surface area contributed by atoms with Crippen molar-refractivity contribution < 1.29 is 9.15 Å². The highest BCUT2D eigenvalue weighted by molar-refractivity contribution is 5.79. The second-order valence-electron chi connectivity index (χ2n) is 7.50. The lowest BCUT2D eigenvalue weighted by Gasteiger charge is -2.15. The van der Waals surface area contributed by atoms with Crippen LogP contribution in [0.25, 0.3) is 23.2 Å². The van der Waals surface area contributed by atoms with E-state index in [1.54, 1.807) is 6.26 Å². The largest absolute Gasteiger partial charge is 0.491 e. The zero-order chi connectivity index (χ0) is 20.2. The summed E-state index contributed by atoms with van der Waals surface area (Å²) in [4.78, 5) is 4.78. The van der Waals surface area contributed by atoms with E-state index in [0.717, 1.165) is 28.4 Å². The molecule has 29 heavy (non-hydrogen) atoms. The molecule has 0 aliphatic heterocycles. The first kappa shape index (κ1) is 19.1. The number of nitrogens with zero attached hydrogens (tertiary/aromatic N) is 2. The fourth-order valence-corrected chi connectivity index (χ4v) is 3.49. The summed E-state index contributed by atoms with van der Waals surface area (Å²) in [5.41, 5.74) is 4.53. The van der Waals surface area contributed by atoms with E-state index in [1.165, 1.54) is 11.1 Å². The lowest BCUT2D eigenvalue weighted by Crippen LogP contribution is -2.11. The number of imidazole rings is 1. The summed E-state index contributed by atoms with van der Waals surface area (Å²) in [5.74, 6) is 3.09. The molecular formula is C25H26N2O2. The number of ether oxygens (including phenoxy) is 1. The van der Waals surface area contributed by atoms with E-state index in [1.807, 2.05) is 42.5 Å². The Balaban J connectivity index is 1.58. The van der Waals surface area contributed by atoms with E-state index in [0.29, 0.717) is 19.1 Å². The van der Waals surface area contributed by atoms with Crippen LogP contribution in [0.15, 0.2) is 65.3 Å². The van der Waals surface area contributed by atoms with Crippen LogP contribution in [-0.4, -0.2) is 16.2 Å². The normalized spacial score (nSPS) is 11.7. The number of hydrogen-bond donors (Lipinski definition) is 0. The Hall–Kier alpha value is -3.27. The number of hydrogen-bond acceptors (Lipinski definition) is 3. The van der Waals surface area contributed by atoms with Crippen LogP contribution >= 0.6 is 0 Å². The highest BCUT2D eigenvalue weighted by Crippen LogP contribution is 2.27. The molecule has 0 saturated carbocycles.